The molecule has 19 heavy (non-hydrogen) atoms. The van der Waals surface area contributed by atoms with Crippen molar-refractivity contribution in [2.75, 3.05) is 0 Å². The van der Waals surface area contributed by atoms with Crippen molar-refractivity contribution in [1.29, 1.82) is 0 Å². The number of hydrogen-bond acceptors (Lipinski definition) is 2. The summed E-state index contributed by atoms with van der Waals surface area (Å²) >= 11 is 3.36. The van der Waals surface area contributed by atoms with Crippen molar-refractivity contribution in [3.63, 3.8) is 0 Å². The highest BCUT2D eigenvalue weighted by Gasteiger charge is 2.16. The van der Waals surface area contributed by atoms with E-state index in [9.17, 15) is 4.79 Å². The molecule has 3 nitrogen and oxygen atoms in total. The van der Waals surface area contributed by atoms with Crippen LogP contribution in [0.4, 0.5) is 0 Å². The Bertz CT molecular complexity index is 475. The summed E-state index contributed by atoms with van der Waals surface area (Å²) in [5.74, 6) is 0.686. The van der Waals surface area contributed by atoms with Gasteiger partial charge in [0.1, 0.15) is 0 Å². The zero-order valence-electron chi connectivity index (χ0n) is 11.2. The van der Waals surface area contributed by atoms with Gasteiger partial charge in [-0.1, -0.05) is 35.3 Å². The Morgan fingerprint density at radius 3 is 2.79 bits per heavy atom. The van der Waals surface area contributed by atoms with Crippen molar-refractivity contribution in [2.24, 2.45) is 11.0 Å². The lowest BCUT2D eigenvalue weighted by molar-refractivity contribution is 0.0954. The molecule has 1 fully saturated rings. The molecule has 1 aliphatic rings. The third kappa shape index (κ3) is 4.16. The molecule has 102 valence electrons. The predicted molar refractivity (Wildman–Crippen MR) is 81.3 cm³/mol. The molecule has 1 aromatic rings. The van der Waals surface area contributed by atoms with Gasteiger partial charge in [-0.3, -0.25) is 4.79 Å². The number of rotatable bonds is 3. The standard InChI is InChI=1S/C15H19BrN2O/c1-2-11-6-8-14(9-7-11)17-18-15(19)12-4-3-5-13(16)10-12/h3-5,10-11H,2,6-9H2,1H3,(H,18,19). The molecular weight excluding hydrogens is 304 g/mol. The predicted octanol–water partition coefficient (Wildman–Crippen LogP) is 4.14. The summed E-state index contributed by atoms with van der Waals surface area (Å²) in [5, 5.41) is 4.26. The van der Waals surface area contributed by atoms with Gasteiger partial charge in [0.2, 0.25) is 0 Å². The first-order valence-corrected chi connectivity index (χ1v) is 7.59. The van der Waals surface area contributed by atoms with Crippen LogP contribution in [0, 0.1) is 5.92 Å². The molecule has 1 aliphatic carbocycles. The van der Waals surface area contributed by atoms with Crippen LogP contribution in [0.3, 0.4) is 0 Å². The molecule has 1 aromatic carbocycles. The molecule has 0 atom stereocenters. The number of nitrogens with zero attached hydrogens (tertiary/aromatic N) is 1. The Hall–Kier alpha value is -1.16. The fourth-order valence-corrected chi connectivity index (χ4v) is 2.75. The quantitative estimate of drug-likeness (QED) is 0.835. The van der Waals surface area contributed by atoms with Gasteiger partial charge in [-0.15, -0.1) is 0 Å². The van der Waals surface area contributed by atoms with Gasteiger partial charge in [-0.05, 0) is 49.8 Å². The summed E-state index contributed by atoms with van der Waals surface area (Å²) in [7, 11) is 0. The fraction of sp³-hybridized carbons (Fsp3) is 0.467. The zero-order valence-corrected chi connectivity index (χ0v) is 12.7. The van der Waals surface area contributed by atoms with Crippen molar-refractivity contribution >= 4 is 27.5 Å². The molecule has 1 amide bonds. The fourth-order valence-electron chi connectivity index (χ4n) is 2.35. The molecule has 0 unspecified atom stereocenters. The summed E-state index contributed by atoms with van der Waals surface area (Å²) < 4.78 is 0.899. The second-order valence-corrected chi connectivity index (χ2v) is 5.90. The van der Waals surface area contributed by atoms with Gasteiger partial charge in [0.15, 0.2) is 0 Å². The maximum absolute atomic E-state index is 11.9. The van der Waals surface area contributed by atoms with E-state index in [-0.39, 0.29) is 5.91 Å². The summed E-state index contributed by atoms with van der Waals surface area (Å²) in [6.45, 7) is 2.24. The Labute approximate surface area is 122 Å². The number of hydrogen-bond donors (Lipinski definition) is 1. The smallest absolute Gasteiger partial charge is 0.267 e. The monoisotopic (exact) mass is 322 g/mol. The maximum Gasteiger partial charge on any atom is 0.271 e. The molecule has 0 aromatic heterocycles. The van der Waals surface area contributed by atoms with Crippen molar-refractivity contribution in [3.05, 3.63) is 34.3 Å². The first kappa shape index (κ1) is 14.3. The average Bonchev–Trinajstić information content (AvgIpc) is 2.45. The van der Waals surface area contributed by atoms with Crippen molar-refractivity contribution < 1.29 is 4.79 Å². The third-order valence-electron chi connectivity index (χ3n) is 3.66. The molecule has 0 heterocycles. The second-order valence-electron chi connectivity index (χ2n) is 4.98. The lowest BCUT2D eigenvalue weighted by Crippen LogP contribution is -2.22. The molecule has 0 saturated heterocycles. The van der Waals surface area contributed by atoms with Crippen LogP contribution in [0.1, 0.15) is 49.4 Å². The van der Waals surface area contributed by atoms with Gasteiger partial charge in [0.25, 0.3) is 5.91 Å². The van der Waals surface area contributed by atoms with E-state index in [1.807, 2.05) is 12.1 Å². The first-order chi connectivity index (χ1) is 9.19. The summed E-state index contributed by atoms with van der Waals surface area (Å²) in [5.41, 5.74) is 4.40. The van der Waals surface area contributed by atoms with E-state index < -0.39 is 0 Å². The van der Waals surface area contributed by atoms with Crippen LogP contribution >= 0.6 is 15.9 Å². The number of amides is 1. The van der Waals surface area contributed by atoms with E-state index in [1.165, 1.54) is 19.3 Å². The van der Waals surface area contributed by atoms with Gasteiger partial charge < -0.3 is 0 Å². The number of halogens is 1. The lowest BCUT2D eigenvalue weighted by Gasteiger charge is -2.21. The molecule has 4 heteroatoms. The second kappa shape index (κ2) is 6.85. The Morgan fingerprint density at radius 2 is 2.16 bits per heavy atom. The Morgan fingerprint density at radius 1 is 1.42 bits per heavy atom. The minimum Gasteiger partial charge on any atom is -0.267 e. The van der Waals surface area contributed by atoms with E-state index in [2.05, 4.69) is 33.4 Å². The lowest BCUT2D eigenvalue weighted by atomic mass is 9.86. The van der Waals surface area contributed by atoms with E-state index in [0.717, 1.165) is 28.9 Å². The topological polar surface area (TPSA) is 41.5 Å². The van der Waals surface area contributed by atoms with Crippen molar-refractivity contribution in [2.45, 2.75) is 39.0 Å². The molecule has 0 spiro atoms. The summed E-state index contributed by atoms with van der Waals surface area (Å²) in [6, 6.07) is 7.32. The Kier molecular flexibility index (Phi) is 5.14. The van der Waals surface area contributed by atoms with Crippen LogP contribution in [0.25, 0.3) is 0 Å². The number of carbonyl (C=O) groups excluding carboxylic acids is 1. The highest BCUT2D eigenvalue weighted by atomic mass is 79.9. The zero-order chi connectivity index (χ0) is 13.7. The van der Waals surface area contributed by atoms with Gasteiger partial charge in [-0.25, -0.2) is 5.43 Å². The average molecular weight is 323 g/mol. The SMILES string of the molecule is CCC1CCC(=NNC(=O)c2cccc(Br)c2)CC1. The van der Waals surface area contributed by atoms with Gasteiger partial charge in [0.05, 0.1) is 0 Å². The molecule has 0 aliphatic heterocycles. The minimum atomic E-state index is -0.147. The van der Waals surface area contributed by atoms with Gasteiger partial charge in [0, 0.05) is 15.7 Å². The van der Waals surface area contributed by atoms with Gasteiger partial charge >= 0.3 is 0 Å². The third-order valence-corrected chi connectivity index (χ3v) is 4.16. The first-order valence-electron chi connectivity index (χ1n) is 6.80. The molecule has 2 rings (SSSR count). The van der Waals surface area contributed by atoms with E-state index in [4.69, 9.17) is 0 Å². The molecule has 0 bridgehead atoms. The number of carbonyl (C=O) groups is 1. The maximum atomic E-state index is 11.9. The molecule has 1 saturated carbocycles. The van der Waals surface area contributed by atoms with E-state index >= 15 is 0 Å². The van der Waals surface area contributed by atoms with Crippen molar-refractivity contribution in [1.82, 2.24) is 5.43 Å². The number of nitrogens with one attached hydrogen (secondary N) is 1. The molecule has 0 radical (unpaired) electrons. The number of benzene rings is 1. The minimum absolute atomic E-state index is 0.147. The summed E-state index contributed by atoms with van der Waals surface area (Å²) in [4.78, 5) is 11.9. The van der Waals surface area contributed by atoms with Crippen LogP contribution in [0.5, 0.6) is 0 Å². The molecule has 1 N–H and O–H groups in total. The van der Waals surface area contributed by atoms with Gasteiger partial charge in [-0.2, -0.15) is 5.10 Å². The largest absolute Gasteiger partial charge is 0.271 e. The molecular formula is C15H19BrN2O. The summed E-state index contributed by atoms with van der Waals surface area (Å²) in [6.07, 6.45) is 5.66. The number of hydrazone groups is 1. The highest BCUT2D eigenvalue weighted by molar-refractivity contribution is 9.10. The van der Waals surface area contributed by atoms with E-state index in [0.29, 0.717) is 5.56 Å². The van der Waals surface area contributed by atoms with Crippen LogP contribution < -0.4 is 5.43 Å². The van der Waals surface area contributed by atoms with Crippen molar-refractivity contribution in [3.8, 4) is 0 Å². The Balaban J connectivity index is 1.90. The van der Waals surface area contributed by atoms with Crippen LogP contribution in [-0.4, -0.2) is 11.6 Å². The van der Waals surface area contributed by atoms with Crippen LogP contribution in [0.15, 0.2) is 33.8 Å². The van der Waals surface area contributed by atoms with Crippen LogP contribution in [-0.2, 0) is 0 Å². The van der Waals surface area contributed by atoms with E-state index in [1.54, 1.807) is 12.1 Å². The van der Waals surface area contributed by atoms with Crippen LogP contribution in [0.2, 0.25) is 0 Å². The normalized spacial score (nSPS) is 19.1. The highest BCUT2D eigenvalue weighted by Crippen LogP contribution is 2.24.